The number of allylic oxidation sites excluding steroid dienone is 5. The zero-order chi connectivity index (χ0) is 108. The molecule has 0 bridgehead atoms. The molecule has 3 rings (SSSR count). The molecule has 0 amide bonds. The van der Waals surface area contributed by atoms with Crippen LogP contribution in [0, 0.1) is 11.8 Å². The number of ketones is 1. The van der Waals surface area contributed by atoms with Gasteiger partial charge >= 0.3 is 191 Å². The maximum Gasteiger partial charge on any atom is 0.460 e. The number of benzene rings is 1. The molecule has 0 spiro atoms. The number of halogens is 68. The molecule has 0 heterocycles. The van der Waals surface area contributed by atoms with Crippen LogP contribution in [0.25, 0.3) is 5.57 Å². The van der Waals surface area contributed by atoms with E-state index in [4.69, 9.17) is 0 Å². The van der Waals surface area contributed by atoms with E-state index >= 15 is 35.1 Å². The van der Waals surface area contributed by atoms with E-state index in [0.29, 0.717) is 0 Å². The first-order valence-corrected chi connectivity index (χ1v) is 33.1. The molecule has 2 unspecified atom stereocenters. The van der Waals surface area contributed by atoms with Crippen LogP contribution in [0.5, 0.6) is 5.75 Å². The highest BCUT2D eigenvalue weighted by Gasteiger charge is 3.00. The van der Waals surface area contributed by atoms with Crippen LogP contribution in [0.15, 0.2) is 47.9 Å². The summed E-state index contributed by atoms with van der Waals surface area (Å²) in [5.41, 5.74) is -6.56. The lowest BCUT2D eigenvalue weighted by Gasteiger charge is -2.43. The summed E-state index contributed by atoms with van der Waals surface area (Å²) in [4.78, 5) is 13.1. The number of aliphatic hydroxyl groups is 2. The fourth-order valence-corrected chi connectivity index (χ4v) is 11.2. The Kier molecular flexibility index (Phi) is 30.6. The molecular formula is C60H35F68N2O4+. The number of carbonyl (C=O) groups excluding carboxylic acids is 1. The highest BCUT2D eigenvalue weighted by atomic mass is 19.5. The summed E-state index contributed by atoms with van der Waals surface area (Å²) in [7, 11) is 0. The van der Waals surface area contributed by atoms with Crippen molar-refractivity contribution in [2.24, 2.45) is 11.8 Å². The second kappa shape index (κ2) is 34.0. The number of rotatable bonds is 43. The molecule has 1 aromatic carbocycles. The van der Waals surface area contributed by atoms with Gasteiger partial charge in [-0.2, -0.15) is 299 Å². The molecule has 1 aromatic rings. The summed E-state index contributed by atoms with van der Waals surface area (Å²) in [6, 6.07) is -0.711. The van der Waals surface area contributed by atoms with Gasteiger partial charge in [-0.05, 0) is 25.0 Å². The number of carbonyl (C=O) groups is 1. The van der Waals surface area contributed by atoms with Crippen molar-refractivity contribution in [1.82, 2.24) is 0 Å². The molecule has 3 N–H and O–H groups in total. The van der Waals surface area contributed by atoms with Gasteiger partial charge in [0.1, 0.15) is 30.4 Å². The first kappa shape index (κ1) is 120. The van der Waals surface area contributed by atoms with Crippen molar-refractivity contribution in [3.63, 3.8) is 0 Å². The molecule has 2 aliphatic carbocycles. The number of alkyl halides is 68. The van der Waals surface area contributed by atoms with E-state index in [0.717, 1.165) is 0 Å². The molecule has 134 heavy (non-hydrogen) atoms. The van der Waals surface area contributed by atoms with Gasteiger partial charge in [0.05, 0.1) is 17.4 Å². The van der Waals surface area contributed by atoms with Crippen LogP contribution in [0.2, 0.25) is 0 Å². The molecule has 74 heteroatoms. The van der Waals surface area contributed by atoms with Gasteiger partial charge in [-0.1, -0.05) is 6.08 Å². The predicted molar refractivity (Wildman–Crippen MR) is 296 cm³/mol. The van der Waals surface area contributed by atoms with Gasteiger partial charge < -0.3 is 20.2 Å². The van der Waals surface area contributed by atoms with Gasteiger partial charge in [-0.15, -0.1) is 0 Å². The normalized spacial score (nSPS) is 18.3. The van der Waals surface area contributed by atoms with Gasteiger partial charge in [0.15, 0.2) is 5.78 Å². The van der Waals surface area contributed by atoms with E-state index in [-0.39, 0.29) is 30.4 Å². The topological polar surface area (TPSA) is 84.0 Å². The highest BCUT2D eigenvalue weighted by Crippen LogP contribution is 2.71. The Morgan fingerprint density at radius 2 is 0.485 bits per heavy atom. The number of hydrogen-bond acceptors (Lipinski definition) is 5. The molecule has 0 radical (unpaired) electrons. The van der Waals surface area contributed by atoms with Crippen LogP contribution in [0.3, 0.4) is 0 Å². The molecule has 2 atom stereocenters. The number of hydrogen-bond donors (Lipinski definition) is 3. The number of nitrogens with zero attached hydrogens (tertiary/aromatic N) is 2. The SMILES string of the molecule is O=C1C(c2ccc(N(CCCC(F)(F)C(F)(F)C(F)(F)C(F)(F)C(F)(F)C(F)(F)C(F)(F)C(F)(F)F)CCCC(F)(F)C(F)(F)C(F)(F)C(F)(F)C(F)(F)C(F)(F)C(F)(F)C(F)(F)F)cc2O)=C(O)C1C1C=CC(=[N+](CCCC(F)(F)C(F)(F)C(F)(F)C(F)(F)C(F)(F)C(F)(F)C(F)(F)C(F)(F)F)CCCC(F)(F)C(F)(F)C(F)(F)C(F)(F)C(F)(F)C(F)(F)C(F)(F)C(F)(F)F)C=C1O. The van der Waals surface area contributed by atoms with E-state index in [9.17, 15) is 284 Å². The van der Waals surface area contributed by atoms with E-state index in [2.05, 4.69) is 0 Å². The molecule has 0 saturated carbocycles. The van der Waals surface area contributed by atoms with E-state index < -0.39 is 341 Å². The van der Waals surface area contributed by atoms with Crippen molar-refractivity contribution in [1.29, 1.82) is 0 Å². The monoisotopic (exact) mass is 2140 g/mol. The van der Waals surface area contributed by atoms with Crippen LogP contribution < -0.4 is 4.90 Å². The summed E-state index contributed by atoms with van der Waals surface area (Å²) >= 11 is 0. The van der Waals surface area contributed by atoms with Crippen molar-refractivity contribution in [2.45, 2.75) is 242 Å². The van der Waals surface area contributed by atoms with Gasteiger partial charge in [-0.3, -0.25) is 4.79 Å². The molecule has 784 valence electrons. The number of phenols is 1. The Morgan fingerprint density at radius 1 is 0.276 bits per heavy atom. The van der Waals surface area contributed by atoms with Crippen molar-refractivity contribution in [3.05, 3.63) is 53.5 Å². The van der Waals surface area contributed by atoms with Crippen molar-refractivity contribution < 1.29 is 323 Å². The van der Waals surface area contributed by atoms with Crippen molar-refractivity contribution >= 4 is 22.8 Å². The Labute approximate surface area is 690 Å². The largest absolute Gasteiger partial charge is 0.511 e. The molecule has 6 nitrogen and oxygen atoms in total. The molecule has 0 saturated heterocycles. The fourth-order valence-electron chi connectivity index (χ4n) is 11.2. The summed E-state index contributed by atoms with van der Waals surface area (Å²) < 4.78 is 951. The summed E-state index contributed by atoms with van der Waals surface area (Å²) in [5, 5.41) is 32.8. The first-order chi connectivity index (χ1) is 58.0. The lowest BCUT2D eigenvalue weighted by Crippen LogP contribution is -2.74. The number of Topliss-reactive ketones (excluding diaryl/α,β-unsaturated/α-hetero) is 1. The zero-order valence-electron chi connectivity index (χ0n) is 61.4. The quantitative estimate of drug-likeness (QED) is 0.0448. The molecule has 0 aliphatic heterocycles. The molecule has 0 fully saturated rings. The van der Waals surface area contributed by atoms with Crippen LogP contribution in [0.1, 0.15) is 56.9 Å². The number of anilines is 1. The van der Waals surface area contributed by atoms with E-state index in [1.54, 1.807) is 0 Å². The van der Waals surface area contributed by atoms with Crippen LogP contribution >= 0.6 is 0 Å². The first-order valence-electron chi connectivity index (χ1n) is 33.1. The fraction of sp³-hybridized carbons (Fsp3) is 0.767. The van der Waals surface area contributed by atoms with Gasteiger partial charge in [0, 0.05) is 81.1 Å². The van der Waals surface area contributed by atoms with Crippen LogP contribution in [0.4, 0.5) is 304 Å². The second-order valence-electron chi connectivity index (χ2n) is 28.2. The minimum absolute atomic E-state index is 0.0548. The molecular weight excluding hydrogens is 2100 g/mol. The summed E-state index contributed by atoms with van der Waals surface area (Å²) in [6.07, 6.45) is -59.5. The lowest BCUT2D eigenvalue weighted by molar-refractivity contribution is -0.529. The Hall–Kier alpha value is -7.78. The third-order valence-electron chi connectivity index (χ3n) is 19.4. The summed E-state index contributed by atoms with van der Waals surface area (Å²) in [6.45, 7) is -9.63. The maximum absolute atomic E-state index is 15.0. The molecule has 0 aromatic heterocycles. The third kappa shape index (κ3) is 17.3. The minimum Gasteiger partial charge on any atom is -0.511 e. The van der Waals surface area contributed by atoms with Crippen molar-refractivity contribution in [3.8, 4) is 5.75 Å². The van der Waals surface area contributed by atoms with Crippen LogP contribution in [-0.2, 0) is 4.79 Å². The third-order valence-corrected chi connectivity index (χ3v) is 19.4. The zero-order valence-corrected chi connectivity index (χ0v) is 61.4. The molecule has 2 aliphatic rings. The Balaban J connectivity index is 2.36. The summed E-state index contributed by atoms with van der Waals surface area (Å²) in [5.74, 6) is -262. The second-order valence-corrected chi connectivity index (χ2v) is 28.2. The maximum atomic E-state index is 15.0. The van der Waals surface area contributed by atoms with E-state index in [1.165, 1.54) is 0 Å². The standard InChI is InChI=1S/C60H34F68N2O4/c61-29(62,33(69,70)37(77,78)41(85,86)45(93,94)49(101,102)53(109,110)57(117,118)119)9-1-13-129(14-2-10-30(63,64)34(71,72)38(79,80)42(87,88)46(95,96)50(103,104)54(111,112)58(120,121)122)19-5-7-21(23(131)17-19)25-27(133)26(28(25)134)22-8-6-20(18-24(22)132)130(15-3-11-31(65,66)35(73,74)39(81,82)43(89,90)47(97,98)51(105,106)55(113,114)59(123,124)125)16-4-12-32(67,68)36(75,76)40(83,84)44(91,92)48(99,100)52(107,108)56(115,116)60(126,127)128/h5-8,17-18,21,25H,1-4,9-16H2,(H2,132,133,134)/p+1. The Morgan fingerprint density at radius 3 is 0.687 bits per heavy atom. The lowest BCUT2D eigenvalue weighted by atomic mass is 9.70. The number of aliphatic hydroxyl groups excluding tert-OH is 2. The number of aromatic hydroxyl groups is 1. The highest BCUT2D eigenvalue weighted by molar-refractivity contribution is 6.30. The van der Waals surface area contributed by atoms with E-state index in [1.807, 2.05) is 0 Å². The Bertz CT molecular complexity index is 4290. The average Bonchev–Trinajstić information content (AvgIpc) is 0.703. The van der Waals surface area contributed by atoms with Crippen molar-refractivity contribution in [2.75, 3.05) is 31.1 Å². The average molecular weight is 2140 g/mol. The van der Waals surface area contributed by atoms with Gasteiger partial charge in [-0.25, -0.2) is 4.58 Å². The smallest absolute Gasteiger partial charge is 0.460 e. The van der Waals surface area contributed by atoms with Gasteiger partial charge in [0.2, 0.25) is 5.71 Å². The van der Waals surface area contributed by atoms with Crippen LogP contribution in [-0.4, -0.2) is 248 Å². The van der Waals surface area contributed by atoms with Gasteiger partial charge in [0.25, 0.3) is 0 Å². The predicted octanol–water partition coefficient (Wildman–Crippen LogP) is 26.9. The number of phenolic OH excluding ortho intramolecular Hbond substituents is 1. The minimum atomic E-state index is -9.37.